The molecule has 15 heavy (non-hydrogen) atoms. The largest absolute Gasteiger partial charge is 0.384 e. The minimum atomic E-state index is 0.627. The first-order chi connectivity index (χ1) is 7.15. The number of rotatable bonds is 5. The Morgan fingerprint density at radius 3 is 2.73 bits per heavy atom. The summed E-state index contributed by atoms with van der Waals surface area (Å²) in [5, 5.41) is 3.43. The molecule has 0 fully saturated rings. The fourth-order valence-electron chi connectivity index (χ4n) is 1.33. The molecular weight excluding hydrogens is 254 g/mol. The van der Waals surface area contributed by atoms with Crippen molar-refractivity contribution in [1.82, 2.24) is 0 Å². The number of halogens is 1. The van der Waals surface area contributed by atoms with Crippen molar-refractivity contribution in [3.63, 3.8) is 0 Å². The third-order valence-corrected chi connectivity index (χ3v) is 2.85. The summed E-state index contributed by atoms with van der Waals surface area (Å²) >= 11 is 3.54. The second kappa shape index (κ2) is 6.13. The van der Waals surface area contributed by atoms with Crippen molar-refractivity contribution in [3.8, 4) is 0 Å². The molecule has 1 rings (SSSR count). The molecule has 2 nitrogen and oxygen atoms in total. The Balaban J connectivity index is 2.80. The molecule has 0 atom stereocenters. The molecular formula is C12H18BrNO. The number of anilines is 1. The van der Waals surface area contributed by atoms with Crippen molar-refractivity contribution in [1.29, 1.82) is 0 Å². The zero-order valence-electron chi connectivity index (χ0n) is 9.51. The van der Waals surface area contributed by atoms with Crippen molar-refractivity contribution < 1.29 is 4.74 Å². The van der Waals surface area contributed by atoms with E-state index in [-0.39, 0.29) is 0 Å². The number of hydrogen-bond donors (Lipinski definition) is 1. The zero-order chi connectivity index (χ0) is 11.3. The predicted molar refractivity (Wildman–Crippen MR) is 68.2 cm³/mol. The second-order valence-corrected chi connectivity index (χ2v) is 4.83. The Morgan fingerprint density at radius 1 is 1.40 bits per heavy atom. The highest BCUT2D eigenvalue weighted by atomic mass is 79.9. The van der Waals surface area contributed by atoms with Gasteiger partial charge in [-0.05, 0) is 18.1 Å². The van der Waals surface area contributed by atoms with E-state index in [1.165, 1.54) is 5.56 Å². The Kier molecular flexibility index (Phi) is 5.12. The molecule has 3 heteroatoms. The van der Waals surface area contributed by atoms with Crippen LogP contribution in [0.5, 0.6) is 0 Å². The van der Waals surface area contributed by atoms with Gasteiger partial charge in [-0.2, -0.15) is 0 Å². The van der Waals surface area contributed by atoms with E-state index >= 15 is 0 Å². The third kappa shape index (κ3) is 3.84. The first kappa shape index (κ1) is 12.5. The topological polar surface area (TPSA) is 21.3 Å². The van der Waals surface area contributed by atoms with E-state index in [0.717, 1.165) is 16.7 Å². The van der Waals surface area contributed by atoms with Gasteiger partial charge in [-0.25, -0.2) is 0 Å². The Hall–Kier alpha value is -0.540. The van der Waals surface area contributed by atoms with E-state index < -0.39 is 0 Å². The van der Waals surface area contributed by atoms with Crippen molar-refractivity contribution in [3.05, 3.63) is 28.2 Å². The van der Waals surface area contributed by atoms with Crippen LogP contribution in [-0.4, -0.2) is 13.7 Å². The summed E-state index contributed by atoms with van der Waals surface area (Å²) in [6.45, 7) is 6.00. The van der Waals surface area contributed by atoms with E-state index in [0.29, 0.717) is 12.5 Å². The van der Waals surface area contributed by atoms with Crippen LogP contribution < -0.4 is 5.32 Å². The Labute approximate surface area is 100 Å². The molecule has 0 saturated heterocycles. The predicted octanol–water partition coefficient (Wildman–Crippen LogP) is 3.66. The first-order valence-electron chi connectivity index (χ1n) is 5.15. The molecule has 0 spiro atoms. The lowest BCUT2D eigenvalue weighted by molar-refractivity contribution is 0.185. The van der Waals surface area contributed by atoms with Crippen LogP contribution in [0.3, 0.4) is 0 Å². The highest BCUT2D eigenvalue weighted by Gasteiger charge is 2.06. The molecule has 0 bridgehead atoms. The SMILES string of the molecule is COCc1c(Br)cccc1NCC(C)C. The van der Waals surface area contributed by atoms with E-state index in [4.69, 9.17) is 4.74 Å². The van der Waals surface area contributed by atoms with Crippen molar-refractivity contribution in [2.45, 2.75) is 20.5 Å². The Bertz CT molecular complexity index is 312. The maximum atomic E-state index is 5.19. The van der Waals surface area contributed by atoms with Crippen molar-refractivity contribution >= 4 is 21.6 Å². The van der Waals surface area contributed by atoms with Gasteiger partial charge in [0.05, 0.1) is 6.61 Å². The minimum Gasteiger partial charge on any atom is -0.384 e. The minimum absolute atomic E-state index is 0.627. The number of nitrogens with one attached hydrogen (secondary N) is 1. The summed E-state index contributed by atoms with van der Waals surface area (Å²) in [5.41, 5.74) is 2.33. The van der Waals surface area contributed by atoms with Crippen LogP contribution >= 0.6 is 15.9 Å². The smallest absolute Gasteiger partial charge is 0.0744 e. The van der Waals surface area contributed by atoms with Gasteiger partial charge in [0.15, 0.2) is 0 Å². The van der Waals surface area contributed by atoms with Crippen LogP contribution in [0.15, 0.2) is 22.7 Å². The van der Waals surface area contributed by atoms with E-state index in [2.05, 4.69) is 41.2 Å². The van der Waals surface area contributed by atoms with E-state index in [9.17, 15) is 0 Å². The lowest BCUT2D eigenvalue weighted by Crippen LogP contribution is -2.10. The van der Waals surface area contributed by atoms with Crippen LogP contribution in [0, 0.1) is 5.92 Å². The molecule has 0 radical (unpaired) electrons. The fraction of sp³-hybridized carbons (Fsp3) is 0.500. The van der Waals surface area contributed by atoms with Gasteiger partial charge in [0.2, 0.25) is 0 Å². The van der Waals surface area contributed by atoms with Crippen molar-refractivity contribution in [2.75, 3.05) is 19.0 Å². The summed E-state index contributed by atoms with van der Waals surface area (Å²) in [5.74, 6) is 0.638. The van der Waals surface area contributed by atoms with Gasteiger partial charge in [-0.3, -0.25) is 0 Å². The zero-order valence-corrected chi connectivity index (χ0v) is 11.1. The van der Waals surface area contributed by atoms with Gasteiger partial charge in [-0.1, -0.05) is 35.8 Å². The summed E-state index contributed by atoms with van der Waals surface area (Å²) in [6.07, 6.45) is 0. The summed E-state index contributed by atoms with van der Waals surface area (Å²) < 4.78 is 6.28. The van der Waals surface area contributed by atoms with Gasteiger partial charge in [-0.15, -0.1) is 0 Å². The van der Waals surface area contributed by atoms with E-state index in [1.54, 1.807) is 7.11 Å². The number of ether oxygens (including phenoxy) is 1. The summed E-state index contributed by atoms with van der Waals surface area (Å²) in [4.78, 5) is 0. The van der Waals surface area contributed by atoms with Gasteiger partial charge in [0.1, 0.15) is 0 Å². The molecule has 0 aliphatic heterocycles. The standard InChI is InChI=1S/C12H18BrNO/c1-9(2)7-14-12-6-4-5-11(13)10(12)8-15-3/h4-6,9,14H,7-8H2,1-3H3. The van der Waals surface area contributed by atoms with Gasteiger partial charge in [0.25, 0.3) is 0 Å². The van der Waals surface area contributed by atoms with E-state index in [1.807, 2.05) is 12.1 Å². The lowest BCUT2D eigenvalue weighted by atomic mass is 10.1. The van der Waals surface area contributed by atoms with Crippen LogP contribution in [0.4, 0.5) is 5.69 Å². The van der Waals surface area contributed by atoms with Crippen LogP contribution in [0.2, 0.25) is 0 Å². The molecule has 1 aromatic carbocycles. The molecule has 0 saturated carbocycles. The molecule has 0 aliphatic rings. The molecule has 0 aliphatic carbocycles. The highest BCUT2D eigenvalue weighted by molar-refractivity contribution is 9.10. The molecule has 84 valence electrons. The summed E-state index contributed by atoms with van der Waals surface area (Å²) in [6, 6.07) is 6.16. The van der Waals surface area contributed by atoms with Crippen molar-refractivity contribution in [2.24, 2.45) is 5.92 Å². The number of hydrogen-bond acceptors (Lipinski definition) is 2. The third-order valence-electron chi connectivity index (χ3n) is 2.11. The highest BCUT2D eigenvalue weighted by Crippen LogP contribution is 2.25. The molecule has 1 N–H and O–H groups in total. The van der Waals surface area contributed by atoms with Crippen LogP contribution in [-0.2, 0) is 11.3 Å². The number of methoxy groups -OCH3 is 1. The average Bonchev–Trinajstić information content (AvgIpc) is 2.19. The van der Waals surface area contributed by atoms with Gasteiger partial charge >= 0.3 is 0 Å². The quantitative estimate of drug-likeness (QED) is 0.883. The van der Waals surface area contributed by atoms with Crippen LogP contribution in [0.25, 0.3) is 0 Å². The maximum Gasteiger partial charge on any atom is 0.0744 e. The molecule has 0 amide bonds. The maximum absolute atomic E-state index is 5.19. The first-order valence-corrected chi connectivity index (χ1v) is 5.94. The Morgan fingerprint density at radius 2 is 2.13 bits per heavy atom. The molecule has 0 heterocycles. The summed E-state index contributed by atoms with van der Waals surface area (Å²) in [7, 11) is 1.71. The molecule has 1 aromatic rings. The van der Waals surface area contributed by atoms with Gasteiger partial charge < -0.3 is 10.1 Å². The van der Waals surface area contributed by atoms with Crippen LogP contribution in [0.1, 0.15) is 19.4 Å². The second-order valence-electron chi connectivity index (χ2n) is 3.97. The molecule has 0 aromatic heterocycles. The average molecular weight is 272 g/mol. The normalized spacial score (nSPS) is 10.7. The fourth-order valence-corrected chi connectivity index (χ4v) is 1.81. The van der Waals surface area contributed by atoms with Gasteiger partial charge in [0, 0.05) is 29.4 Å². The number of benzene rings is 1. The lowest BCUT2D eigenvalue weighted by Gasteiger charge is -2.14. The monoisotopic (exact) mass is 271 g/mol. The molecule has 0 unspecified atom stereocenters.